The molecule has 1 aliphatic rings. The van der Waals surface area contributed by atoms with Gasteiger partial charge in [-0.25, -0.2) is 4.98 Å². The van der Waals surface area contributed by atoms with Crippen molar-refractivity contribution in [1.29, 1.82) is 0 Å². The highest BCUT2D eigenvalue weighted by Crippen LogP contribution is 2.23. The molecular formula is C16H19N3OS. The number of carbonyl (C=O) groups excluding carboxylic acids is 1. The van der Waals surface area contributed by atoms with E-state index >= 15 is 0 Å². The van der Waals surface area contributed by atoms with Crippen LogP contribution in [0.25, 0.3) is 11.3 Å². The van der Waals surface area contributed by atoms with Crippen molar-refractivity contribution in [3.05, 3.63) is 34.7 Å². The second-order valence-electron chi connectivity index (χ2n) is 5.36. The topological polar surface area (TPSA) is 54.0 Å². The first kappa shape index (κ1) is 14.2. The van der Waals surface area contributed by atoms with Gasteiger partial charge in [-0.15, -0.1) is 11.3 Å². The lowest BCUT2D eigenvalue weighted by atomic mass is 9.99. The number of carbonyl (C=O) groups is 1. The van der Waals surface area contributed by atoms with Gasteiger partial charge in [-0.1, -0.05) is 12.1 Å². The summed E-state index contributed by atoms with van der Waals surface area (Å²) in [7, 11) is 0. The fraction of sp³-hybridized carbons (Fsp3) is 0.375. The van der Waals surface area contributed by atoms with Crippen molar-refractivity contribution in [3.63, 3.8) is 0 Å². The SMILES string of the molecule is Cc1nc(-c2ccc(NC(=O)[C@H]3CCCNC3)cc2)cs1. The lowest BCUT2D eigenvalue weighted by molar-refractivity contribution is -0.120. The van der Waals surface area contributed by atoms with Crippen molar-refractivity contribution in [3.8, 4) is 11.3 Å². The Morgan fingerprint density at radius 2 is 2.19 bits per heavy atom. The van der Waals surface area contributed by atoms with E-state index in [1.807, 2.05) is 31.2 Å². The zero-order valence-corrected chi connectivity index (χ0v) is 12.9. The van der Waals surface area contributed by atoms with Crippen molar-refractivity contribution in [2.24, 2.45) is 5.92 Å². The van der Waals surface area contributed by atoms with E-state index in [0.29, 0.717) is 0 Å². The Balaban J connectivity index is 1.65. The van der Waals surface area contributed by atoms with E-state index in [-0.39, 0.29) is 11.8 Å². The highest BCUT2D eigenvalue weighted by Gasteiger charge is 2.20. The number of hydrogen-bond donors (Lipinski definition) is 2. The summed E-state index contributed by atoms with van der Waals surface area (Å²) in [6.45, 7) is 3.80. The van der Waals surface area contributed by atoms with E-state index < -0.39 is 0 Å². The zero-order valence-electron chi connectivity index (χ0n) is 12.1. The molecule has 1 fully saturated rings. The standard InChI is InChI=1S/C16H19N3OS/c1-11-18-15(10-21-11)12-4-6-14(7-5-12)19-16(20)13-3-2-8-17-9-13/h4-7,10,13,17H,2-3,8-9H2,1H3,(H,19,20)/t13-/m0/s1. The third kappa shape index (κ3) is 3.49. The molecule has 0 saturated carbocycles. The average molecular weight is 301 g/mol. The molecule has 5 heteroatoms. The Morgan fingerprint density at radius 1 is 1.38 bits per heavy atom. The normalized spacial score (nSPS) is 18.4. The maximum absolute atomic E-state index is 12.2. The maximum Gasteiger partial charge on any atom is 0.228 e. The van der Waals surface area contributed by atoms with E-state index in [0.717, 1.165) is 47.9 Å². The number of rotatable bonds is 3. The molecule has 1 amide bonds. The van der Waals surface area contributed by atoms with E-state index in [4.69, 9.17) is 0 Å². The zero-order chi connectivity index (χ0) is 14.7. The molecule has 1 aliphatic heterocycles. The largest absolute Gasteiger partial charge is 0.326 e. The van der Waals surface area contributed by atoms with E-state index in [1.165, 1.54) is 0 Å². The molecule has 1 saturated heterocycles. The number of aryl methyl sites for hydroxylation is 1. The van der Waals surface area contributed by atoms with Crippen LogP contribution in [0.4, 0.5) is 5.69 Å². The van der Waals surface area contributed by atoms with Crippen molar-refractivity contribution >= 4 is 22.9 Å². The monoisotopic (exact) mass is 301 g/mol. The minimum absolute atomic E-state index is 0.0830. The Morgan fingerprint density at radius 3 is 2.81 bits per heavy atom. The summed E-state index contributed by atoms with van der Waals surface area (Å²) in [4.78, 5) is 16.6. The Labute approximate surface area is 128 Å². The lowest BCUT2D eigenvalue weighted by Crippen LogP contribution is -2.37. The van der Waals surface area contributed by atoms with Gasteiger partial charge < -0.3 is 10.6 Å². The summed E-state index contributed by atoms with van der Waals surface area (Å²) in [6, 6.07) is 7.89. The first-order valence-electron chi connectivity index (χ1n) is 7.26. The molecule has 4 nitrogen and oxygen atoms in total. The molecule has 21 heavy (non-hydrogen) atoms. The molecular weight excluding hydrogens is 282 g/mol. The summed E-state index contributed by atoms with van der Waals surface area (Å²) < 4.78 is 0. The van der Waals surface area contributed by atoms with Crippen molar-refractivity contribution < 1.29 is 4.79 Å². The predicted molar refractivity (Wildman–Crippen MR) is 86.5 cm³/mol. The summed E-state index contributed by atoms with van der Waals surface area (Å²) >= 11 is 1.65. The number of hydrogen-bond acceptors (Lipinski definition) is 4. The first-order valence-corrected chi connectivity index (χ1v) is 8.14. The summed E-state index contributed by atoms with van der Waals surface area (Å²) in [5.41, 5.74) is 2.92. The van der Waals surface area contributed by atoms with Crippen LogP contribution in [0.5, 0.6) is 0 Å². The van der Waals surface area contributed by atoms with Gasteiger partial charge >= 0.3 is 0 Å². The number of benzene rings is 1. The number of thiazole rings is 1. The number of anilines is 1. The molecule has 0 spiro atoms. The van der Waals surface area contributed by atoms with Gasteiger partial charge in [-0.05, 0) is 38.4 Å². The van der Waals surface area contributed by atoms with Crippen LogP contribution in [0.3, 0.4) is 0 Å². The summed E-state index contributed by atoms with van der Waals surface area (Å²) in [5.74, 6) is 0.194. The van der Waals surface area contributed by atoms with Crippen LogP contribution in [0, 0.1) is 12.8 Å². The third-order valence-corrected chi connectivity index (χ3v) is 4.51. The van der Waals surface area contributed by atoms with Crippen molar-refractivity contribution in [2.75, 3.05) is 18.4 Å². The van der Waals surface area contributed by atoms with Gasteiger partial charge in [-0.3, -0.25) is 4.79 Å². The number of nitrogens with one attached hydrogen (secondary N) is 2. The van der Waals surface area contributed by atoms with Crippen LogP contribution >= 0.6 is 11.3 Å². The lowest BCUT2D eigenvalue weighted by Gasteiger charge is -2.21. The van der Waals surface area contributed by atoms with Crippen molar-refractivity contribution in [1.82, 2.24) is 10.3 Å². The first-order chi connectivity index (χ1) is 10.2. The van der Waals surface area contributed by atoms with Crippen molar-refractivity contribution in [2.45, 2.75) is 19.8 Å². The molecule has 3 rings (SSSR count). The fourth-order valence-electron chi connectivity index (χ4n) is 2.54. The molecule has 0 unspecified atom stereocenters. The minimum Gasteiger partial charge on any atom is -0.326 e. The van der Waals surface area contributed by atoms with Crippen LogP contribution < -0.4 is 10.6 Å². The second kappa shape index (κ2) is 6.37. The Bertz CT molecular complexity index is 615. The third-order valence-electron chi connectivity index (χ3n) is 3.73. The Kier molecular flexibility index (Phi) is 4.31. The van der Waals surface area contributed by atoms with E-state index in [9.17, 15) is 4.79 Å². The van der Waals surface area contributed by atoms with Gasteiger partial charge in [0.05, 0.1) is 16.6 Å². The number of amides is 1. The van der Waals surface area contributed by atoms with E-state index in [1.54, 1.807) is 11.3 Å². The highest BCUT2D eigenvalue weighted by atomic mass is 32.1. The molecule has 0 aliphatic carbocycles. The quantitative estimate of drug-likeness (QED) is 0.916. The van der Waals surface area contributed by atoms with E-state index in [2.05, 4.69) is 21.0 Å². The van der Waals surface area contributed by atoms with Crippen LogP contribution in [-0.2, 0) is 4.79 Å². The molecule has 2 aromatic rings. The van der Waals surface area contributed by atoms with Gasteiger partial charge in [0.15, 0.2) is 0 Å². The molecule has 2 heterocycles. The molecule has 0 radical (unpaired) electrons. The van der Waals surface area contributed by atoms with Gasteiger partial charge in [0.1, 0.15) is 0 Å². The van der Waals surface area contributed by atoms with Crippen LogP contribution in [0.1, 0.15) is 17.8 Å². The number of piperidine rings is 1. The maximum atomic E-state index is 12.2. The smallest absolute Gasteiger partial charge is 0.228 e. The minimum atomic E-state index is 0.0830. The second-order valence-corrected chi connectivity index (χ2v) is 6.42. The molecule has 1 atom stereocenters. The Hall–Kier alpha value is -1.72. The predicted octanol–water partition coefficient (Wildman–Crippen LogP) is 3.06. The molecule has 110 valence electrons. The van der Waals surface area contributed by atoms with Gasteiger partial charge in [-0.2, -0.15) is 0 Å². The number of nitrogens with zero attached hydrogens (tertiary/aromatic N) is 1. The molecule has 2 N–H and O–H groups in total. The highest BCUT2D eigenvalue weighted by molar-refractivity contribution is 7.09. The van der Waals surface area contributed by atoms with Crippen LogP contribution in [0.2, 0.25) is 0 Å². The van der Waals surface area contributed by atoms with Gasteiger partial charge in [0.2, 0.25) is 5.91 Å². The molecule has 0 bridgehead atoms. The molecule has 1 aromatic heterocycles. The number of aromatic nitrogens is 1. The summed E-state index contributed by atoms with van der Waals surface area (Å²) in [6.07, 6.45) is 2.04. The van der Waals surface area contributed by atoms with Crippen LogP contribution in [-0.4, -0.2) is 24.0 Å². The van der Waals surface area contributed by atoms with Crippen LogP contribution in [0.15, 0.2) is 29.6 Å². The molecule has 1 aromatic carbocycles. The average Bonchev–Trinajstić information content (AvgIpc) is 2.95. The van der Waals surface area contributed by atoms with Gasteiger partial charge in [0.25, 0.3) is 0 Å². The van der Waals surface area contributed by atoms with Gasteiger partial charge in [0, 0.05) is 23.2 Å². The summed E-state index contributed by atoms with van der Waals surface area (Å²) in [5, 5.41) is 9.38. The fourth-order valence-corrected chi connectivity index (χ4v) is 3.16.